The van der Waals surface area contributed by atoms with E-state index in [1.165, 1.54) is 44.3 Å². The summed E-state index contributed by atoms with van der Waals surface area (Å²) < 4.78 is 2.32. The first-order valence-electron chi connectivity index (χ1n) is 8.06. The summed E-state index contributed by atoms with van der Waals surface area (Å²) >= 11 is 0. The van der Waals surface area contributed by atoms with Gasteiger partial charge in [0.2, 0.25) is 0 Å². The maximum Gasteiger partial charge on any atom is 0.110 e. The highest BCUT2D eigenvalue weighted by Gasteiger charge is 2.21. The van der Waals surface area contributed by atoms with Gasteiger partial charge in [0.1, 0.15) is 5.82 Å². The van der Waals surface area contributed by atoms with Crippen molar-refractivity contribution < 1.29 is 0 Å². The Labute approximate surface area is 117 Å². The average Bonchev–Trinajstić information content (AvgIpc) is 3.03. The molecule has 108 valence electrons. The Balaban J connectivity index is 1.92. The predicted octanol–water partition coefficient (Wildman–Crippen LogP) is 3.39. The van der Waals surface area contributed by atoms with Crippen LogP contribution in [0.1, 0.15) is 58.2 Å². The summed E-state index contributed by atoms with van der Waals surface area (Å²) in [6, 6.07) is 0.603. The van der Waals surface area contributed by atoms with E-state index >= 15 is 0 Å². The van der Waals surface area contributed by atoms with Crippen molar-refractivity contribution in [1.29, 1.82) is 0 Å². The minimum atomic E-state index is 0.603. The fourth-order valence-electron chi connectivity index (χ4n) is 3.37. The first-order valence-corrected chi connectivity index (χ1v) is 8.06. The molecule has 1 saturated carbocycles. The minimum absolute atomic E-state index is 0.603. The summed E-state index contributed by atoms with van der Waals surface area (Å²) in [4.78, 5) is 4.55. The number of aryl methyl sites for hydroxylation is 1. The fraction of sp³-hybridized carbons (Fsp3) is 0.812. The van der Waals surface area contributed by atoms with Gasteiger partial charge in [-0.15, -0.1) is 0 Å². The van der Waals surface area contributed by atoms with Crippen molar-refractivity contribution in [3.05, 3.63) is 18.2 Å². The molecule has 0 aliphatic heterocycles. The van der Waals surface area contributed by atoms with E-state index in [4.69, 9.17) is 0 Å². The summed E-state index contributed by atoms with van der Waals surface area (Å²) in [6.45, 7) is 6.59. The van der Waals surface area contributed by atoms with Gasteiger partial charge in [-0.2, -0.15) is 0 Å². The minimum Gasteiger partial charge on any atom is -0.335 e. The van der Waals surface area contributed by atoms with Crippen LogP contribution < -0.4 is 5.32 Å². The normalized spacial score (nSPS) is 18.0. The number of aromatic nitrogens is 2. The molecule has 1 unspecified atom stereocenters. The molecule has 0 bridgehead atoms. The summed E-state index contributed by atoms with van der Waals surface area (Å²) in [6.07, 6.45) is 13.4. The van der Waals surface area contributed by atoms with Crippen molar-refractivity contribution in [2.24, 2.45) is 5.92 Å². The van der Waals surface area contributed by atoms with Crippen LogP contribution >= 0.6 is 0 Å². The molecule has 1 aliphatic carbocycles. The second-order valence-electron chi connectivity index (χ2n) is 5.88. The maximum absolute atomic E-state index is 4.55. The van der Waals surface area contributed by atoms with Crippen LogP contribution in [-0.4, -0.2) is 22.1 Å². The number of hydrogen-bond acceptors (Lipinski definition) is 2. The Morgan fingerprint density at radius 1 is 1.37 bits per heavy atom. The van der Waals surface area contributed by atoms with Crippen LogP contribution in [0.5, 0.6) is 0 Å². The molecule has 0 aromatic carbocycles. The summed E-state index contributed by atoms with van der Waals surface area (Å²) in [7, 11) is 0. The average molecular weight is 263 g/mol. The molecule has 3 nitrogen and oxygen atoms in total. The molecule has 19 heavy (non-hydrogen) atoms. The maximum atomic E-state index is 4.55. The SMILES string of the molecule is CCCn1ccnc1CC(CC1CCCC1)NCC. The lowest BCUT2D eigenvalue weighted by Gasteiger charge is -2.21. The molecule has 1 aromatic heterocycles. The molecule has 1 heterocycles. The Morgan fingerprint density at radius 3 is 2.84 bits per heavy atom. The zero-order chi connectivity index (χ0) is 13.5. The molecule has 3 heteroatoms. The molecule has 0 saturated heterocycles. The van der Waals surface area contributed by atoms with E-state index in [9.17, 15) is 0 Å². The predicted molar refractivity (Wildman–Crippen MR) is 80.3 cm³/mol. The van der Waals surface area contributed by atoms with Gasteiger partial charge in [-0.1, -0.05) is 39.5 Å². The van der Waals surface area contributed by atoms with Crippen molar-refractivity contribution >= 4 is 0 Å². The van der Waals surface area contributed by atoms with E-state index in [0.29, 0.717) is 6.04 Å². The van der Waals surface area contributed by atoms with Crippen LogP contribution in [0, 0.1) is 5.92 Å². The topological polar surface area (TPSA) is 29.9 Å². The standard InChI is InChI=1S/C16H29N3/c1-3-10-19-11-9-18-16(19)13-15(17-4-2)12-14-7-5-6-8-14/h9,11,14-15,17H,3-8,10,12-13H2,1-2H3. The third-order valence-electron chi connectivity index (χ3n) is 4.28. The lowest BCUT2D eigenvalue weighted by atomic mass is 9.96. The lowest BCUT2D eigenvalue weighted by molar-refractivity contribution is 0.382. The molecular formula is C16H29N3. The molecule has 1 aromatic rings. The molecule has 0 spiro atoms. The lowest BCUT2D eigenvalue weighted by Crippen LogP contribution is -2.33. The smallest absolute Gasteiger partial charge is 0.110 e. The number of nitrogens with one attached hydrogen (secondary N) is 1. The van der Waals surface area contributed by atoms with E-state index < -0.39 is 0 Å². The van der Waals surface area contributed by atoms with Gasteiger partial charge in [0.15, 0.2) is 0 Å². The van der Waals surface area contributed by atoms with Crippen molar-refractivity contribution in [3.8, 4) is 0 Å². The summed E-state index contributed by atoms with van der Waals surface area (Å²) in [5.41, 5.74) is 0. The van der Waals surface area contributed by atoms with E-state index in [-0.39, 0.29) is 0 Å². The second kappa shape index (κ2) is 7.68. The van der Waals surface area contributed by atoms with Crippen LogP contribution in [0.2, 0.25) is 0 Å². The van der Waals surface area contributed by atoms with E-state index in [1.807, 2.05) is 6.20 Å². The highest BCUT2D eigenvalue weighted by Crippen LogP contribution is 2.29. The van der Waals surface area contributed by atoms with Crippen molar-refractivity contribution in [2.45, 2.75) is 71.4 Å². The third kappa shape index (κ3) is 4.34. The van der Waals surface area contributed by atoms with Gasteiger partial charge >= 0.3 is 0 Å². The van der Waals surface area contributed by atoms with Crippen LogP contribution in [0.25, 0.3) is 0 Å². The van der Waals surface area contributed by atoms with Gasteiger partial charge in [0.05, 0.1) is 0 Å². The Kier molecular flexibility index (Phi) is 5.90. The van der Waals surface area contributed by atoms with Crippen LogP contribution in [0.15, 0.2) is 12.4 Å². The molecular weight excluding hydrogens is 234 g/mol. The third-order valence-corrected chi connectivity index (χ3v) is 4.28. The van der Waals surface area contributed by atoms with Gasteiger partial charge in [-0.3, -0.25) is 0 Å². The first-order chi connectivity index (χ1) is 9.33. The second-order valence-corrected chi connectivity index (χ2v) is 5.88. The number of rotatable bonds is 8. The zero-order valence-corrected chi connectivity index (χ0v) is 12.6. The fourth-order valence-corrected chi connectivity index (χ4v) is 3.37. The van der Waals surface area contributed by atoms with E-state index in [1.54, 1.807) is 0 Å². The summed E-state index contributed by atoms with van der Waals surface area (Å²) in [5, 5.41) is 3.66. The quantitative estimate of drug-likeness (QED) is 0.779. The molecule has 0 radical (unpaired) electrons. The van der Waals surface area contributed by atoms with E-state index in [2.05, 4.69) is 34.9 Å². The Hall–Kier alpha value is -0.830. The zero-order valence-electron chi connectivity index (χ0n) is 12.6. The monoisotopic (exact) mass is 263 g/mol. The van der Waals surface area contributed by atoms with Crippen molar-refractivity contribution in [3.63, 3.8) is 0 Å². The first kappa shape index (κ1) is 14.6. The van der Waals surface area contributed by atoms with Crippen LogP contribution in [-0.2, 0) is 13.0 Å². The highest BCUT2D eigenvalue weighted by molar-refractivity contribution is 4.96. The van der Waals surface area contributed by atoms with Gasteiger partial charge in [0.25, 0.3) is 0 Å². The van der Waals surface area contributed by atoms with Gasteiger partial charge in [-0.25, -0.2) is 4.98 Å². The highest BCUT2D eigenvalue weighted by atomic mass is 15.1. The van der Waals surface area contributed by atoms with Gasteiger partial charge < -0.3 is 9.88 Å². The number of hydrogen-bond donors (Lipinski definition) is 1. The van der Waals surface area contributed by atoms with Gasteiger partial charge in [0, 0.05) is 31.4 Å². The van der Waals surface area contributed by atoms with Crippen molar-refractivity contribution in [2.75, 3.05) is 6.54 Å². The molecule has 1 atom stereocenters. The molecule has 2 rings (SSSR count). The number of nitrogens with zero attached hydrogens (tertiary/aromatic N) is 2. The van der Waals surface area contributed by atoms with Crippen molar-refractivity contribution in [1.82, 2.24) is 14.9 Å². The molecule has 1 N–H and O–H groups in total. The largest absolute Gasteiger partial charge is 0.335 e. The molecule has 1 aliphatic rings. The number of imidazole rings is 1. The van der Waals surface area contributed by atoms with Crippen LogP contribution in [0.3, 0.4) is 0 Å². The Morgan fingerprint density at radius 2 is 2.16 bits per heavy atom. The molecule has 1 fully saturated rings. The van der Waals surface area contributed by atoms with Gasteiger partial charge in [-0.05, 0) is 25.3 Å². The summed E-state index contributed by atoms with van der Waals surface area (Å²) in [5.74, 6) is 2.20. The van der Waals surface area contributed by atoms with Crippen LogP contribution in [0.4, 0.5) is 0 Å². The Bertz CT molecular complexity index is 353. The molecule has 0 amide bonds. The number of likely N-dealkylation sites (N-methyl/N-ethyl adjacent to an activating group) is 1. The van der Waals surface area contributed by atoms with E-state index in [0.717, 1.165) is 25.4 Å².